The summed E-state index contributed by atoms with van der Waals surface area (Å²) in [5.41, 5.74) is 1.18. The molecule has 19 heavy (non-hydrogen) atoms. The van der Waals surface area contributed by atoms with E-state index in [1.54, 1.807) is 29.6 Å². The first-order valence-corrected chi connectivity index (χ1v) is 6.77. The molecule has 0 fully saturated rings. The summed E-state index contributed by atoms with van der Waals surface area (Å²) in [6, 6.07) is 9.82. The second kappa shape index (κ2) is 5.27. The lowest BCUT2D eigenvalue weighted by Gasteiger charge is -2.02. The average molecular weight is 272 g/mol. The van der Waals surface area contributed by atoms with Crippen molar-refractivity contribution in [1.82, 2.24) is 19.6 Å². The Labute approximate surface area is 114 Å². The molecular formula is C13H12N4OS. The molecule has 0 aliphatic carbocycles. The van der Waals surface area contributed by atoms with E-state index in [2.05, 4.69) is 21.1 Å². The zero-order valence-electron chi connectivity index (χ0n) is 10.4. The maximum Gasteiger partial charge on any atom is 0.253 e. The first-order chi connectivity index (χ1) is 9.35. The fourth-order valence-corrected chi connectivity index (χ4v) is 2.45. The Kier molecular flexibility index (Phi) is 3.33. The number of hydrogen-bond acceptors (Lipinski definition) is 5. The van der Waals surface area contributed by atoms with E-state index in [-0.39, 0.29) is 0 Å². The van der Waals surface area contributed by atoms with E-state index >= 15 is 0 Å². The van der Waals surface area contributed by atoms with Gasteiger partial charge in [0.2, 0.25) is 5.16 Å². The summed E-state index contributed by atoms with van der Waals surface area (Å²) in [6.07, 6.45) is 3.55. The Morgan fingerprint density at radius 1 is 1.32 bits per heavy atom. The van der Waals surface area contributed by atoms with Gasteiger partial charge in [-0.2, -0.15) is 4.98 Å². The zero-order valence-corrected chi connectivity index (χ0v) is 11.2. The maximum atomic E-state index is 5.20. The van der Waals surface area contributed by atoms with Crippen molar-refractivity contribution in [3.8, 4) is 5.75 Å². The van der Waals surface area contributed by atoms with Crippen molar-refractivity contribution in [3.63, 3.8) is 0 Å². The van der Waals surface area contributed by atoms with Gasteiger partial charge in [-0.15, -0.1) is 5.10 Å². The number of fused-ring (bicyclic) bond motifs is 1. The van der Waals surface area contributed by atoms with E-state index in [1.807, 2.05) is 30.5 Å². The molecule has 1 aromatic carbocycles. The van der Waals surface area contributed by atoms with E-state index in [0.29, 0.717) is 5.78 Å². The van der Waals surface area contributed by atoms with Crippen LogP contribution >= 0.6 is 11.8 Å². The summed E-state index contributed by atoms with van der Waals surface area (Å²) < 4.78 is 6.87. The zero-order chi connectivity index (χ0) is 13.1. The second-order valence-corrected chi connectivity index (χ2v) is 4.84. The van der Waals surface area contributed by atoms with Crippen LogP contribution in [0, 0.1) is 0 Å². The van der Waals surface area contributed by atoms with Gasteiger partial charge < -0.3 is 4.74 Å². The smallest absolute Gasteiger partial charge is 0.253 e. The monoisotopic (exact) mass is 272 g/mol. The molecule has 0 bridgehead atoms. The van der Waals surface area contributed by atoms with Crippen molar-refractivity contribution in [2.24, 2.45) is 0 Å². The SMILES string of the molecule is COc1cccc(CSc2nc3ncccn3n2)c1. The predicted octanol–water partition coefficient (Wildman–Crippen LogP) is 2.43. The Bertz CT molecular complexity index is 665. The molecule has 3 rings (SSSR count). The summed E-state index contributed by atoms with van der Waals surface area (Å²) in [7, 11) is 1.67. The van der Waals surface area contributed by atoms with Gasteiger partial charge in [0.1, 0.15) is 5.75 Å². The lowest BCUT2D eigenvalue weighted by atomic mass is 10.2. The van der Waals surface area contributed by atoms with Gasteiger partial charge >= 0.3 is 0 Å². The lowest BCUT2D eigenvalue weighted by molar-refractivity contribution is 0.414. The highest BCUT2D eigenvalue weighted by Crippen LogP contribution is 2.22. The van der Waals surface area contributed by atoms with Gasteiger partial charge in [-0.1, -0.05) is 23.9 Å². The third-order valence-electron chi connectivity index (χ3n) is 2.60. The molecule has 0 radical (unpaired) electrons. The van der Waals surface area contributed by atoms with Gasteiger partial charge in [0.15, 0.2) is 0 Å². The molecule has 0 saturated heterocycles. The number of aromatic nitrogens is 4. The van der Waals surface area contributed by atoms with Crippen LogP contribution < -0.4 is 4.74 Å². The summed E-state index contributed by atoms with van der Waals surface area (Å²) in [5, 5.41) is 5.07. The number of nitrogens with zero attached hydrogens (tertiary/aromatic N) is 4. The largest absolute Gasteiger partial charge is 0.497 e. The van der Waals surface area contributed by atoms with E-state index in [0.717, 1.165) is 16.7 Å². The minimum Gasteiger partial charge on any atom is -0.497 e. The molecule has 96 valence electrons. The van der Waals surface area contributed by atoms with Crippen molar-refractivity contribution >= 4 is 17.5 Å². The molecule has 3 aromatic rings. The van der Waals surface area contributed by atoms with Gasteiger partial charge in [0.25, 0.3) is 5.78 Å². The molecule has 2 heterocycles. The van der Waals surface area contributed by atoms with Gasteiger partial charge in [0, 0.05) is 18.1 Å². The number of benzene rings is 1. The van der Waals surface area contributed by atoms with Crippen LogP contribution in [-0.2, 0) is 5.75 Å². The van der Waals surface area contributed by atoms with Gasteiger partial charge in [-0.25, -0.2) is 9.50 Å². The normalized spacial score (nSPS) is 10.8. The van der Waals surface area contributed by atoms with E-state index < -0.39 is 0 Å². The molecule has 0 saturated carbocycles. The quantitative estimate of drug-likeness (QED) is 0.683. The van der Waals surface area contributed by atoms with Crippen molar-refractivity contribution in [1.29, 1.82) is 0 Å². The van der Waals surface area contributed by atoms with E-state index in [4.69, 9.17) is 4.74 Å². The topological polar surface area (TPSA) is 52.3 Å². The minimum atomic E-state index is 0.621. The lowest BCUT2D eigenvalue weighted by Crippen LogP contribution is -1.87. The van der Waals surface area contributed by atoms with E-state index in [9.17, 15) is 0 Å². The van der Waals surface area contributed by atoms with Crippen molar-refractivity contribution in [2.45, 2.75) is 10.9 Å². The molecule has 0 atom stereocenters. The number of thioether (sulfide) groups is 1. The number of methoxy groups -OCH3 is 1. The van der Waals surface area contributed by atoms with Crippen LogP contribution in [0.2, 0.25) is 0 Å². The van der Waals surface area contributed by atoms with Crippen LogP contribution in [0.3, 0.4) is 0 Å². The van der Waals surface area contributed by atoms with Crippen LogP contribution in [0.15, 0.2) is 47.9 Å². The fourth-order valence-electron chi connectivity index (χ4n) is 1.69. The Morgan fingerprint density at radius 2 is 2.26 bits per heavy atom. The summed E-state index contributed by atoms with van der Waals surface area (Å²) in [5.74, 6) is 2.28. The van der Waals surface area contributed by atoms with Crippen molar-refractivity contribution in [3.05, 3.63) is 48.3 Å². The molecule has 0 unspecified atom stereocenters. The minimum absolute atomic E-state index is 0.621. The third-order valence-corrected chi connectivity index (χ3v) is 3.51. The Balaban J connectivity index is 1.74. The number of rotatable bonds is 4. The first kappa shape index (κ1) is 12.0. The summed E-state index contributed by atoms with van der Waals surface area (Å²) in [4.78, 5) is 8.48. The Hall–Kier alpha value is -2.08. The van der Waals surface area contributed by atoms with Crippen LogP contribution in [0.4, 0.5) is 0 Å². The van der Waals surface area contributed by atoms with Crippen LogP contribution in [0.5, 0.6) is 5.75 Å². The molecular weight excluding hydrogens is 260 g/mol. The third kappa shape index (κ3) is 2.68. The van der Waals surface area contributed by atoms with Crippen molar-refractivity contribution in [2.75, 3.05) is 7.11 Å². The number of hydrogen-bond donors (Lipinski definition) is 0. The van der Waals surface area contributed by atoms with Crippen molar-refractivity contribution < 1.29 is 4.74 Å². The second-order valence-electron chi connectivity index (χ2n) is 3.90. The number of ether oxygens (including phenoxy) is 1. The molecule has 0 aliphatic heterocycles. The average Bonchev–Trinajstić information content (AvgIpc) is 2.88. The van der Waals surface area contributed by atoms with Crippen LogP contribution in [-0.4, -0.2) is 26.7 Å². The molecule has 2 aromatic heterocycles. The molecule has 0 amide bonds. The van der Waals surface area contributed by atoms with Gasteiger partial charge in [-0.05, 0) is 23.8 Å². The Morgan fingerprint density at radius 3 is 3.11 bits per heavy atom. The van der Waals surface area contributed by atoms with Crippen LogP contribution in [0.1, 0.15) is 5.56 Å². The molecule has 5 nitrogen and oxygen atoms in total. The van der Waals surface area contributed by atoms with Gasteiger partial charge in [0.05, 0.1) is 7.11 Å². The predicted molar refractivity (Wildman–Crippen MR) is 73.3 cm³/mol. The highest BCUT2D eigenvalue weighted by atomic mass is 32.2. The van der Waals surface area contributed by atoms with Gasteiger partial charge in [-0.3, -0.25) is 0 Å². The molecule has 0 aliphatic rings. The maximum absolute atomic E-state index is 5.20. The molecule has 6 heteroatoms. The highest BCUT2D eigenvalue weighted by Gasteiger charge is 2.05. The molecule has 0 spiro atoms. The summed E-state index contributed by atoms with van der Waals surface area (Å²) in [6.45, 7) is 0. The standard InChI is InChI=1S/C13H12N4OS/c1-18-11-5-2-4-10(8-11)9-19-13-15-12-14-6-3-7-17(12)16-13/h2-8H,9H2,1H3. The van der Waals surface area contributed by atoms with E-state index in [1.165, 1.54) is 5.56 Å². The summed E-state index contributed by atoms with van der Waals surface area (Å²) >= 11 is 1.58. The fraction of sp³-hybridized carbons (Fsp3) is 0.154. The van der Waals surface area contributed by atoms with Crippen LogP contribution in [0.25, 0.3) is 5.78 Å². The first-order valence-electron chi connectivity index (χ1n) is 5.78. The highest BCUT2D eigenvalue weighted by molar-refractivity contribution is 7.98. The molecule has 0 N–H and O–H groups in total.